The molecule has 2 aliphatic rings. The van der Waals surface area contributed by atoms with Gasteiger partial charge < -0.3 is 9.47 Å². The Hall–Kier alpha value is -4.99. The average Bonchev–Trinajstić information content (AvgIpc) is 3.77. The first-order valence-corrected chi connectivity index (χ1v) is 13.4. The van der Waals surface area contributed by atoms with Crippen LogP contribution in [0.1, 0.15) is 51.4 Å². The maximum absolute atomic E-state index is 6.11. The first-order chi connectivity index (χ1) is 19.6. The molecule has 0 saturated heterocycles. The quantitative estimate of drug-likeness (QED) is 0.337. The van der Waals surface area contributed by atoms with Crippen LogP contribution in [0.4, 0.5) is 0 Å². The predicted molar refractivity (Wildman–Crippen MR) is 147 cm³/mol. The normalized spacial score (nSPS) is 15.5. The largest absolute Gasteiger partial charge is 0.489 e. The minimum absolute atomic E-state index is 0.196. The van der Waals surface area contributed by atoms with Crippen molar-refractivity contribution in [1.29, 1.82) is 0 Å². The van der Waals surface area contributed by atoms with Gasteiger partial charge in [-0.2, -0.15) is 5.10 Å². The smallest absolute Gasteiger partial charge is 0.244 e. The predicted octanol–water partition coefficient (Wildman–Crippen LogP) is 4.91. The van der Waals surface area contributed by atoms with Gasteiger partial charge in [0.2, 0.25) is 11.8 Å². The fourth-order valence-corrected chi connectivity index (χ4v) is 5.86. The number of aromatic amines is 1. The van der Waals surface area contributed by atoms with Gasteiger partial charge in [0.25, 0.3) is 0 Å². The minimum Gasteiger partial charge on any atom is -0.489 e. The van der Waals surface area contributed by atoms with Crippen molar-refractivity contribution < 1.29 is 9.47 Å². The van der Waals surface area contributed by atoms with E-state index in [1.54, 1.807) is 15.5 Å². The highest BCUT2D eigenvalue weighted by molar-refractivity contribution is 5.68. The summed E-state index contributed by atoms with van der Waals surface area (Å²) >= 11 is 0. The molecule has 10 heteroatoms. The fourth-order valence-electron chi connectivity index (χ4n) is 5.86. The highest BCUT2D eigenvalue weighted by Crippen LogP contribution is 2.48. The fraction of sp³-hybridized carbons (Fsp3) is 0.233. The third-order valence-corrected chi connectivity index (χ3v) is 7.86. The molecule has 0 fully saturated rings. The third kappa shape index (κ3) is 3.67. The number of hydrogen-bond donors (Lipinski definition) is 1. The van der Waals surface area contributed by atoms with Gasteiger partial charge in [0.1, 0.15) is 18.7 Å². The van der Waals surface area contributed by atoms with Crippen molar-refractivity contribution in [2.24, 2.45) is 7.05 Å². The van der Waals surface area contributed by atoms with E-state index in [1.165, 1.54) is 24.0 Å². The van der Waals surface area contributed by atoms with Crippen molar-refractivity contribution in [2.45, 2.75) is 38.7 Å². The van der Waals surface area contributed by atoms with Gasteiger partial charge in [-0.05, 0) is 55.0 Å². The summed E-state index contributed by atoms with van der Waals surface area (Å²) in [6, 6.07) is 14.6. The van der Waals surface area contributed by atoms with Crippen LogP contribution < -0.4 is 9.47 Å². The first-order valence-electron chi connectivity index (χ1n) is 13.4. The Morgan fingerprint density at radius 2 is 1.93 bits per heavy atom. The molecule has 1 atom stereocenters. The Morgan fingerprint density at radius 3 is 2.77 bits per heavy atom. The molecule has 1 unspecified atom stereocenters. The van der Waals surface area contributed by atoms with E-state index in [0.717, 1.165) is 45.7 Å². The molecule has 40 heavy (non-hydrogen) atoms. The number of hydrogen-bond acceptors (Lipinski definition) is 7. The molecule has 4 aromatic heterocycles. The van der Waals surface area contributed by atoms with Crippen molar-refractivity contribution in [3.63, 3.8) is 0 Å². The average molecular weight is 531 g/mol. The summed E-state index contributed by atoms with van der Waals surface area (Å²) in [6.07, 6.45) is 9.05. The molecular weight excluding hydrogens is 504 g/mol. The van der Waals surface area contributed by atoms with Crippen LogP contribution in [0.3, 0.4) is 0 Å². The molecule has 2 aromatic carbocycles. The molecule has 6 aromatic rings. The zero-order valence-electron chi connectivity index (χ0n) is 22.1. The van der Waals surface area contributed by atoms with Crippen LogP contribution in [-0.4, -0.2) is 39.6 Å². The number of aryl methyl sites for hydroxylation is 4. The minimum atomic E-state index is -0.196. The molecule has 10 nitrogen and oxygen atoms in total. The Balaban J connectivity index is 1.11. The van der Waals surface area contributed by atoms with E-state index in [0.29, 0.717) is 29.8 Å². The zero-order chi connectivity index (χ0) is 26.8. The maximum Gasteiger partial charge on any atom is 0.244 e. The molecule has 198 valence electrons. The Labute approximate surface area is 229 Å². The third-order valence-electron chi connectivity index (χ3n) is 7.86. The van der Waals surface area contributed by atoms with E-state index in [9.17, 15) is 0 Å². The van der Waals surface area contributed by atoms with E-state index in [2.05, 4.69) is 50.6 Å². The number of H-pyrrole nitrogens is 1. The van der Waals surface area contributed by atoms with Crippen molar-refractivity contribution in [1.82, 2.24) is 39.6 Å². The monoisotopic (exact) mass is 530 g/mol. The SMILES string of the molecule is Cc1[nH]nc2c1C(c1cnn(C)c1)c1c(ncn3nc(-c4ccc(COc5ccc6c(c5)CCC6)cc4)nc13)O2. The van der Waals surface area contributed by atoms with Crippen LogP contribution in [0.2, 0.25) is 0 Å². The van der Waals surface area contributed by atoms with Crippen LogP contribution in [-0.2, 0) is 26.5 Å². The summed E-state index contributed by atoms with van der Waals surface area (Å²) in [7, 11) is 1.90. The van der Waals surface area contributed by atoms with Gasteiger partial charge >= 0.3 is 0 Å². The molecule has 8 rings (SSSR count). The number of benzene rings is 2. The van der Waals surface area contributed by atoms with Gasteiger partial charge in [0, 0.05) is 35.6 Å². The maximum atomic E-state index is 6.11. The summed E-state index contributed by atoms with van der Waals surface area (Å²) in [6.45, 7) is 2.49. The van der Waals surface area contributed by atoms with Crippen molar-refractivity contribution >= 4 is 5.65 Å². The molecule has 0 spiro atoms. The Kier molecular flexibility index (Phi) is 5.03. The topological polar surface area (TPSA) is 108 Å². The second-order valence-electron chi connectivity index (χ2n) is 10.5. The first kappa shape index (κ1) is 22.9. The van der Waals surface area contributed by atoms with Crippen LogP contribution in [0, 0.1) is 6.92 Å². The van der Waals surface area contributed by atoms with Crippen molar-refractivity contribution in [3.8, 4) is 28.9 Å². The second-order valence-corrected chi connectivity index (χ2v) is 10.5. The van der Waals surface area contributed by atoms with Gasteiger partial charge in [0.15, 0.2) is 11.5 Å². The number of nitrogens with zero attached hydrogens (tertiary/aromatic N) is 7. The molecule has 0 bridgehead atoms. The number of fused-ring (bicyclic) bond motifs is 5. The lowest BCUT2D eigenvalue weighted by Crippen LogP contribution is -2.14. The zero-order valence-corrected chi connectivity index (χ0v) is 22.1. The van der Waals surface area contributed by atoms with Crippen LogP contribution >= 0.6 is 0 Å². The number of nitrogens with one attached hydrogen (secondary N) is 1. The van der Waals surface area contributed by atoms with Crippen molar-refractivity contribution in [2.75, 3.05) is 0 Å². The summed E-state index contributed by atoms with van der Waals surface area (Å²) in [5.74, 6) is 2.33. The summed E-state index contributed by atoms with van der Waals surface area (Å²) < 4.78 is 15.7. The molecule has 5 heterocycles. The number of rotatable bonds is 5. The van der Waals surface area contributed by atoms with E-state index >= 15 is 0 Å². The lowest BCUT2D eigenvalue weighted by Gasteiger charge is -2.24. The summed E-state index contributed by atoms with van der Waals surface area (Å²) in [4.78, 5) is 9.54. The van der Waals surface area contributed by atoms with Gasteiger partial charge in [0.05, 0.1) is 17.7 Å². The van der Waals surface area contributed by atoms with Gasteiger partial charge in [-0.25, -0.2) is 14.5 Å². The molecule has 0 saturated carbocycles. The lowest BCUT2D eigenvalue weighted by atomic mass is 9.86. The van der Waals surface area contributed by atoms with E-state index in [-0.39, 0.29) is 5.92 Å². The van der Waals surface area contributed by atoms with Gasteiger partial charge in [-0.3, -0.25) is 9.78 Å². The molecular formula is C30H26N8O2. The van der Waals surface area contributed by atoms with Crippen LogP contribution in [0.25, 0.3) is 17.0 Å². The van der Waals surface area contributed by atoms with E-state index in [1.807, 2.05) is 38.5 Å². The van der Waals surface area contributed by atoms with E-state index < -0.39 is 0 Å². The van der Waals surface area contributed by atoms with Crippen molar-refractivity contribution in [3.05, 3.63) is 100 Å². The highest BCUT2D eigenvalue weighted by Gasteiger charge is 2.37. The Morgan fingerprint density at radius 1 is 1.05 bits per heavy atom. The standard InChI is InChI=1S/C30H26N8O2/c1-17-24-25(22-13-32-37(2)14-22)26-28-33-27(36-38(28)16-31-29(26)40-30(24)35-34-17)20-8-6-18(7-9-20)15-39-23-11-10-19-4-3-5-21(19)12-23/h6-14,16,25H,3-5,15H2,1-2H3,(H,34,35). The molecule has 0 radical (unpaired) electrons. The molecule has 0 amide bonds. The summed E-state index contributed by atoms with van der Waals surface area (Å²) in [5.41, 5.74) is 9.26. The van der Waals surface area contributed by atoms with Gasteiger partial charge in [-0.1, -0.05) is 30.3 Å². The summed E-state index contributed by atoms with van der Waals surface area (Å²) in [5, 5.41) is 16.6. The molecule has 1 aliphatic heterocycles. The van der Waals surface area contributed by atoms with E-state index in [4.69, 9.17) is 19.6 Å². The van der Waals surface area contributed by atoms with Gasteiger partial charge in [-0.15, -0.1) is 10.2 Å². The lowest BCUT2D eigenvalue weighted by molar-refractivity contribution is 0.306. The van der Waals surface area contributed by atoms with Crippen LogP contribution in [0.5, 0.6) is 17.5 Å². The number of ether oxygens (including phenoxy) is 2. The number of aromatic nitrogens is 8. The Bertz CT molecular complexity index is 1900. The second kappa shape index (κ2) is 8.77. The molecule has 1 aliphatic carbocycles. The molecule has 1 N–H and O–H groups in total. The van der Waals surface area contributed by atoms with Crippen LogP contribution in [0.15, 0.2) is 61.2 Å². The highest BCUT2D eigenvalue weighted by atomic mass is 16.5.